The summed E-state index contributed by atoms with van der Waals surface area (Å²) in [6.07, 6.45) is -0.692. The number of amides is 2. The zero-order chi connectivity index (χ0) is 40.2. The van der Waals surface area contributed by atoms with E-state index < -0.39 is 23.1 Å². The van der Waals surface area contributed by atoms with Crippen molar-refractivity contribution in [2.45, 2.75) is 63.3 Å². The Hall–Kier alpha value is -5.71. The highest BCUT2D eigenvalue weighted by atomic mass is 35.5. The van der Waals surface area contributed by atoms with Crippen LogP contribution in [0.25, 0.3) is 5.78 Å². The molecule has 0 radical (unpaired) electrons. The highest BCUT2D eigenvalue weighted by Gasteiger charge is 2.49. The second-order valence-corrected chi connectivity index (χ2v) is 15.5. The first kappa shape index (κ1) is 38.2. The maximum atomic E-state index is 14.5. The van der Waals surface area contributed by atoms with Crippen molar-refractivity contribution >= 4 is 46.6 Å². The number of nitrogens with one attached hydrogen (secondary N) is 1. The number of rotatable bonds is 9. The molecule has 2 fully saturated rings. The summed E-state index contributed by atoms with van der Waals surface area (Å²) in [6.45, 7) is 4.16. The van der Waals surface area contributed by atoms with Crippen LogP contribution in [0.1, 0.15) is 71.4 Å². The molecule has 1 atom stereocenters. The van der Waals surface area contributed by atoms with Gasteiger partial charge in [-0.3, -0.25) is 14.4 Å². The van der Waals surface area contributed by atoms with Gasteiger partial charge in [0.2, 0.25) is 17.6 Å². The third-order valence-corrected chi connectivity index (χ3v) is 11.4. The average molecular weight is 805 g/mol. The van der Waals surface area contributed by atoms with Crippen LogP contribution in [0.5, 0.6) is 5.75 Å². The molecule has 5 heterocycles. The van der Waals surface area contributed by atoms with Crippen LogP contribution in [0, 0.1) is 0 Å². The average Bonchev–Trinajstić information content (AvgIpc) is 3.73. The molecule has 1 unspecified atom stereocenters. The lowest BCUT2D eigenvalue weighted by molar-refractivity contribution is -0.137. The molecule has 1 aliphatic carbocycles. The minimum absolute atomic E-state index is 0.00897. The van der Waals surface area contributed by atoms with Crippen molar-refractivity contribution in [3.05, 3.63) is 98.3 Å². The van der Waals surface area contributed by atoms with E-state index in [1.807, 2.05) is 37.3 Å². The number of nitrogens with zero attached hydrogens (tertiary/aromatic N) is 9. The van der Waals surface area contributed by atoms with Crippen LogP contribution >= 0.6 is 11.6 Å². The monoisotopic (exact) mass is 804 g/mol. The molecule has 298 valence electrons. The third kappa shape index (κ3) is 7.02. The van der Waals surface area contributed by atoms with Crippen molar-refractivity contribution in [2.24, 2.45) is 0 Å². The number of piperidine rings is 1. The number of likely N-dealkylation sites (tertiary alicyclic amines) is 1. The Bertz CT molecular complexity index is 2430. The van der Waals surface area contributed by atoms with E-state index in [1.54, 1.807) is 28.5 Å². The summed E-state index contributed by atoms with van der Waals surface area (Å²) in [5.41, 5.74) is 0.340. The number of anilines is 3. The normalized spacial score (nSPS) is 17.4. The minimum atomic E-state index is -4.60. The number of halogens is 4. The number of hydrogen-bond acceptors (Lipinski definition) is 10. The predicted molar refractivity (Wildman–Crippen MR) is 206 cm³/mol. The van der Waals surface area contributed by atoms with Crippen molar-refractivity contribution < 1.29 is 27.5 Å². The zero-order valence-electron chi connectivity index (χ0n) is 31.5. The van der Waals surface area contributed by atoms with Crippen LogP contribution in [-0.2, 0) is 29.5 Å². The van der Waals surface area contributed by atoms with Crippen LogP contribution in [-0.4, -0.2) is 86.1 Å². The van der Waals surface area contributed by atoms with E-state index >= 15 is 0 Å². The number of carbonyl (C=O) groups excluding carboxylic acids is 2. The van der Waals surface area contributed by atoms with Gasteiger partial charge < -0.3 is 29.3 Å². The van der Waals surface area contributed by atoms with E-state index in [4.69, 9.17) is 16.3 Å². The summed E-state index contributed by atoms with van der Waals surface area (Å²) < 4.78 is 49.0. The third-order valence-electron chi connectivity index (χ3n) is 11.1. The summed E-state index contributed by atoms with van der Waals surface area (Å²) in [5, 5.41) is 6.85. The molecule has 0 bridgehead atoms. The van der Waals surface area contributed by atoms with Crippen molar-refractivity contribution in [3.8, 4) is 5.75 Å². The fraction of sp³-hybridized carbons (Fsp3) is 0.410. The largest absolute Gasteiger partial charge is 0.483 e. The summed E-state index contributed by atoms with van der Waals surface area (Å²) in [5.74, 6) is 0.266. The Morgan fingerprint density at radius 2 is 1.79 bits per heavy atom. The molecule has 8 rings (SSSR count). The Balaban J connectivity index is 1.09. The summed E-state index contributed by atoms with van der Waals surface area (Å²) in [7, 11) is 3.46. The van der Waals surface area contributed by atoms with Gasteiger partial charge in [0.1, 0.15) is 19.5 Å². The molecule has 2 saturated heterocycles. The van der Waals surface area contributed by atoms with E-state index in [9.17, 15) is 27.6 Å². The van der Waals surface area contributed by atoms with Gasteiger partial charge in [-0.15, -0.1) is 5.10 Å². The number of benzene rings is 2. The smallest absolute Gasteiger partial charge is 0.416 e. The Morgan fingerprint density at radius 1 is 1.05 bits per heavy atom. The van der Waals surface area contributed by atoms with Crippen molar-refractivity contribution in [3.63, 3.8) is 0 Å². The lowest BCUT2D eigenvalue weighted by Crippen LogP contribution is -2.47. The van der Waals surface area contributed by atoms with E-state index in [1.165, 1.54) is 10.8 Å². The lowest BCUT2D eigenvalue weighted by Gasteiger charge is -2.40. The highest BCUT2D eigenvalue weighted by Crippen LogP contribution is 2.50. The predicted octanol–water partition coefficient (Wildman–Crippen LogP) is 5.53. The number of ether oxygens (including phenoxy) is 1. The van der Waals surface area contributed by atoms with Crippen LogP contribution in [0.4, 0.5) is 30.6 Å². The Morgan fingerprint density at radius 3 is 2.44 bits per heavy atom. The van der Waals surface area contributed by atoms with Gasteiger partial charge in [-0.25, -0.2) is 9.97 Å². The molecule has 1 N–H and O–H groups in total. The van der Waals surface area contributed by atoms with E-state index in [0.29, 0.717) is 55.2 Å². The topological polar surface area (TPSA) is 143 Å². The summed E-state index contributed by atoms with van der Waals surface area (Å²) >= 11 is 6.17. The molecular weight excluding hydrogens is 765 g/mol. The molecule has 3 aliphatic rings. The van der Waals surface area contributed by atoms with Crippen LogP contribution in [0.15, 0.2) is 59.7 Å². The first-order valence-corrected chi connectivity index (χ1v) is 19.1. The molecule has 2 amide bonds. The molecule has 2 aromatic carbocycles. The first-order valence-electron chi connectivity index (χ1n) is 18.7. The van der Waals surface area contributed by atoms with Crippen LogP contribution < -0.4 is 25.4 Å². The van der Waals surface area contributed by atoms with Gasteiger partial charge >= 0.3 is 6.18 Å². The zero-order valence-corrected chi connectivity index (χ0v) is 32.3. The number of hydrogen-bond donors (Lipinski definition) is 1. The van der Waals surface area contributed by atoms with Crippen molar-refractivity contribution in [1.29, 1.82) is 0 Å². The summed E-state index contributed by atoms with van der Waals surface area (Å²) in [6, 6.07) is 12.4. The second kappa shape index (κ2) is 14.7. The number of aromatic nitrogens is 6. The van der Waals surface area contributed by atoms with Gasteiger partial charge in [0.05, 0.1) is 16.3 Å². The number of alkyl halides is 3. The number of carbonyl (C=O) groups is 2. The van der Waals surface area contributed by atoms with Gasteiger partial charge in [0.15, 0.2) is 17.3 Å². The number of fused-ring (bicyclic) bond motifs is 3. The van der Waals surface area contributed by atoms with E-state index in [0.717, 1.165) is 43.3 Å². The fourth-order valence-electron chi connectivity index (χ4n) is 8.20. The van der Waals surface area contributed by atoms with Crippen molar-refractivity contribution in [1.82, 2.24) is 34.0 Å². The fourth-order valence-corrected chi connectivity index (χ4v) is 8.43. The Labute approximate surface area is 330 Å². The van der Waals surface area contributed by atoms with Gasteiger partial charge in [-0.2, -0.15) is 22.7 Å². The SMILES string of the molecule is CC1CC2(CCN(C(=O)c3ncnc(N4CCC4)c3OCc3ccccc3)CC2)c2c1n(CC(=O)Nc1ccc(C(F)(F)F)cc1Cl)c1nc(N(C)C)nn1c2=O. The molecule has 5 aromatic rings. The minimum Gasteiger partial charge on any atom is -0.483 e. The standard InChI is InChI=1S/C39H40ClF3N10O4/c1-23-19-38(12-16-51(17-13-38)35(56)30-32(57-21-24-8-5-4-6-9-24)33(45-22-44-30)50-14-7-15-50)29-31(23)52(37-47-36(49(2)3)48-53(37)34(29)55)20-28(54)46-27-11-10-25(18-26(27)40)39(41,42)43/h4-6,8-11,18,22-23H,7,12-17,19-21H2,1-3H3,(H,46,54). The molecule has 3 aromatic heterocycles. The van der Waals surface area contributed by atoms with Gasteiger partial charge in [-0.05, 0) is 55.4 Å². The second-order valence-electron chi connectivity index (χ2n) is 15.1. The summed E-state index contributed by atoms with van der Waals surface area (Å²) in [4.78, 5) is 61.4. The van der Waals surface area contributed by atoms with E-state index in [-0.39, 0.29) is 58.7 Å². The van der Waals surface area contributed by atoms with Crippen LogP contribution in [0.3, 0.4) is 0 Å². The molecular formula is C39H40ClF3N10O4. The molecule has 0 saturated carbocycles. The maximum Gasteiger partial charge on any atom is 0.416 e. The molecule has 2 aliphatic heterocycles. The first-order chi connectivity index (χ1) is 27.2. The quantitative estimate of drug-likeness (QED) is 0.202. The van der Waals surface area contributed by atoms with Crippen molar-refractivity contribution in [2.75, 3.05) is 55.4 Å². The van der Waals surface area contributed by atoms with Crippen LogP contribution in [0.2, 0.25) is 5.02 Å². The molecule has 1 spiro atoms. The molecule has 18 heteroatoms. The Kier molecular flexibility index (Phi) is 9.82. The highest BCUT2D eigenvalue weighted by molar-refractivity contribution is 6.33. The maximum absolute atomic E-state index is 14.5. The van der Waals surface area contributed by atoms with Gasteiger partial charge in [-0.1, -0.05) is 48.9 Å². The van der Waals surface area contributed by atoms with Gasteiger partial charge in [0.25, 0.3) is 11.5 Å². The molecule has 57 heavy (non-hydrogen) atoms. The lowest BCUT2D eigenvalue weighted by atomic mass is 9.73. The van der Waals surface area contributed by atoms with Gasteiger partial charge in [0, 0.05) is 56.9 Å². The molecule has 14 nitrogen and oxygen atoms in total. The van der Waals surface area contributed by atoms with E-state index in [2.05, 4.69) is 30.3 Å².